The Balaban J connectivity index is 3.85. The zero-order chi connectivity index (χ0) is 9.56. The van der Waals surface area contributed by atoms with Gasteiger partial charge in [0.25, 0.3) is 0 Å². The standard InChI is InChI=1S/C9H16O3/c1-7(2)5-8(3-4-10)6-9(11)12/h4,7-8H,3,5-6H2,1-2H3,(H,11,12)/t8-/m0/s1. The lowest BCUT2D eigenvalue weighted by atomic mass is 9.92. The van der Waals surface area contributed by atoms with Gasteiger partial charge in [-0.2, -0.15) is 0 Å². The van der Waals surface area contributed by atoms with Crippen LogP contribution in [-0.4, -0.2) is 17.4 Å². The van der Waals surface area contributed by atoms with Crippen LogP contribution in [0.25, 0.3) is 0 Å². The Hall–Kier alpha value is -0.860. The summed E-state index contributed by atoms with van der Waals surface area (Å²) in [4.78, 5) is 20.5. The maximum Gasteiger partial charge on any atom is 0.303 e. The second-order valence-electron chi connectivity index (χ2n) is 3.50. The summed E-state index contributed by atoms with van der Waals surface area (Å²) in [7, 11) is 0. The van der Waals surface area contributed by atoms with Gasteiger partial charge < -0.3 is 9.90 Å². The topological polar surface area (TPSA) is 54.4 Å². The van der Waals surface area contributed by atoms with Crippen molar-refractivity contribution in [2.45, 2.75) is 33.1 Å². The second-order valence-corrected chi connectivity index (χ2v) is 3.50. The number of carbonyl (C=O) groups excluding carboxylic acids is 1. The minimum atomic E-state index is -0.817. The van der Waals surface area contributed by atoms with Crippen molar-refractivity contribution in [1.82, 2.24) is 0 Å². The quantitative estimate of drug-likeness (QED) is 0.620. The van der Waals surface area contributed by atoms with E-state index in [4.69, 9.17) is 5.11 Å². The first-order chi connectivity index (χ1) is 5.56. The molecule has 0 unspecified atom stereocenters. The molecule has 0 aliphatic heterocycles. The van der Waals surface area contributed by atoms with Gasteiger partial charge in [0.1, 0.15) is 6.29 Å². The van der Waals surface area contributed by atoms with Crippen LogP contribution < -0.4 is 0 Å². The monoisotopic (exact) mass is 172 g/mol. The Labute approximate surface area is 72.8 Å². The van der Waals surface area contributed by atoms with Gasteiger partial charge >= 0.3 is 5.97 Å². The van der Waals surface area contributed by atoms with Gasteiger partial charge in [-0.3, -0.25) is 4.79 Å². The van der Waals surface area contributed by atoms with Crippen LogP contribution in [0.2, 0.25) is 0 Å². The van der Waals surface area contributed by atoms with Crippen LogP contribution in [0.4, 0.5) is 0 Å². The summed E-state index contributed by atoms with van der Waals surface area (Å²) in [6.07, 6.45) is 2.09. The summed E-state index contributed by atoms with van der Waals surface area (Å²) in [5.41, 5.74) is 0. The lowest BCUT2D eigenvalue weighted by molar-refractivity contribution is -0.138. The molecular weight excluding hydrogens is 156 g/mol. The molecule has 0 aliphatic rings. The number of carboxylic acids is 1. The first-order valence-corrected chi connectivity index (χ1v) is 4.21. The summed E-state index contributed by atoms with van der Waals surface area (Å²) < 4.78 is 0. The van der Waals surface area contributed by atoms with E-state index in [0.29, 0.717) is 12.3 Å². The highest BCUT2D eigenvalue weighted by molar-refractivity contribution is 5.67. The second kappa shape index (κ2) is 5.75. The van der Waals surface area contributed by atoms with Crippen LogP contribution in [0.1, 0.15) is 33.1 Å². The highest BCUT2D eigenvalue weighted by Crippen LogP contribution is 2.17. The third-order valence-electron chi connectivity index (χ3n) is 1.70. The molecule has 0 heterocycles. The smallest absolute Gasteiger partial charge is 0.303 e. The van der Waals surface area contributed by atoms with E-state index in [-0.39, 0.29) is 12.3 Å². The number of hydrogen-bond donors (Lipinski definition) is 1. The molecule has 1 N–H and O–H groups in total. The Bertz CT molecular complexity index is 152. The minimum Gasteiger partial charge on any atom is -0.481 e. The molecule has 0 radical (unpaired) electrons. The van der Waals surface area contributed by atoms with Gasteiger partial charge in [-0.15, -0.1) is 0 Å². The summed E-state index contributed by atoms with van der Waals surface area (Å²) >= 11 is 0. The molecule has 1 atom stereocenters. The van der Waals surface area contributed by atoms with Crippen LogP contribution >= 0.6 is 0 Å². The van der Waals surface area contributed by atoms with Gasteiger partial charge in [0.05, 0.1) is 0 Å². The first kappa shape index (κ1) is 11.1. The lowest BCUT2D eigenvalue weighted by Gasteiger charge is -2.13. The van der Waals surface area contributed by atoms with Gasteiger partial charge in [0.15, 0.2) is 0 Å². The van der Waals surface area contributed by atoms with E-state index in [1.807, 2.05) is 13.8 Å². The van der Waals surface area contributed by atoms with Crippen LogP contribution in [0, 0.1) is 11.8 Å². The molecule has 0 aromatic carbocycles. The molecule has 0 spiro atoms. The Morgan fingerprint density at radius 3 is 2.42 bits per heavy atom. The summed E-state index contributed by atoms with van der Waals surface area (Å²) in [5.74, 6) is -0.350. The molecule has 0 aromatic heterocycles. The lowest BCUT2D eigenvalue weighted by Crippen LogP contribution is -2.10. The van der Waals surface area contributed by atoms with Gasteiger partial charge in [0.2, 0.25) is 0 Å². The van der Waals surface area contributed by atoms with Crippen molar-refractivity contribution in [3.8, 4) is 0 Å². The number of carbonyl (C=O) groups is 2. The molecule has 0 rings (SSSR count). The zero-order valence-corrected chi connectivity index (χ0v) is 7.62. The van der Waals surface area contributed by atoms with E-state index < -0.39 is 5.97 Å². The molecule has 3 nitrogen and oxygen atoms in total. The highest BCUT2D eigenvalue weighted by Gasteiger charge is 2.13. The van der Waals surface area contributed by atoms with Crippen molar-refractivity contribution < 1.29 is 14.7 Å². The van der Waals surface area contributed by atoms with Crippen LogP contribution in [0.15, 0.2) is 0 Å². The average Bonchev–Trinajstić information content (AvgIpc) is 1.84. The molecular formula is C9H16O3. The van der Waals surface area contributed by atoms with E-state index >= 15 is 0 Å². The minimum absolute atomic E-state index is 0.0139. The predicted molar refractivity (Wildman–Crippen MR) is 45.9 cm³/mol. The molecule has 0 aromatic rings. The van der Waals surface area contributed by atoms with Gasteiger partial charge in [0, 0.05) is 12.8 Å². The first-order valence-electron chi connectivity index (χ1n) is 4.21. The SMILES string of the molecule is CC(C)C[C@H](CC=O)CC(=O)O. The van der Waals surface area contributed by atoms with Crippen LogP contribution in [-0.2, 0) is 9.59 Å². The third-order valence-corrected chi connectivity index (χ3v) is 1.70. The largest absolute Gasteiger partial charge is 0.481 e. The van der Waals surface area contributed by atoms with Gasteiger partial charge in [-0.25, -0.2) is 0 Å². The number of hydrogen-bond acceptors (Lipinski definition) is 2. The van der Waals surface area contributed by atoms with Crippen molar-refractivity contribution in [2.75, 3.05) is 0 Å². The molecule has 3 heteroatoms. The van der Waals surface area contributed by atoms with Crippen LogP contribution in [0.3, 0.4) is 0 Å². The summed E-state index contributed by atoms with van der Waals surface area (Å²) in [6.45, 7) is 4.05. The van der Waals surface area contributed by atoms with Crippen molar-refractivity contribution in [2.24, 2.45) is 11.8 Å². The predicted octanol–water partition coefficient (Wildman–Crippen LogP) is 1.71. The summed E-state index contributed by atoms with van der Waals surface area (Å²) in [5, 5.41) is 8.51. The zero-order valence-electron chi connectivity index (χ0n) is 7.62. The molecule has 0 aliphatic carbocycles. The third kappa shape index (κ3) is 5.89. The van der Waals surface area contributed by atoms with Crippen molar-refractivity contribution in [3.63, 3.8) is 0 Å². The highest BCUT2D eigenvalue weighted by atomic mass is 16.4. The van der Waals surface area contributed by atoms with E-state index in [1.54, 1.807) is 0 Å². The number of rotatable bonds is 6. The Morgan fingerprint density at radius 2 is 2.08 bits per heavy atom. The molecule has 0 bridgehead atoms. The number of aldehydes is 1. The fourth-order valence-electron chi connectivity index (χ4n) is 1.31. The van der Waals surface area contributed by atoms with Crippen molar-refractivity contribution in [3.05, 3.63) is 0 Å². The fraction of sp³-hybridized carbons (Fsp3) is 0.778. The molecule has 0 saturated carbocycles. The summed E-state index contributed by atoms with van der Waals surface area (Å²) in [6, 6.07) is 0. The average molecular weight is 172 g/mol. The molecule has 70 valence electrons. The van der Waals surface area contributed by atoms with Gasteiger partial charge in [-0.05, 0) is 18.3 Å². The molecule has 12 heavy (non-hydrogen) atoms. The fourth-order valence-corrected chi connectivity index (χ4v) is 1.31. The van der Waals surface area contributed by atoms with E-state index in [2.05, 4.69) is 0 Å². The molecule has 0 saturated heterocycles. The Morgan fingerprint density at radius 1 is 1.50 bits per heavy atom. The maximum absolute atomic E-state index is 10.4. The van der Waals surface area contributed by atoms with E-state index in [0.717, 1.165) is 12.7 Å². The maximum atomic E-state index is 10.4. The van der Waals surface area contributed by atoms with E-state index in [1.165, 1.54) is 0 Å². The molecule has 0 fully saturated rings. The normalized spacial score (nSPS) is 12.9. The van der Waals surface area contributed by atoms with Gasteiger partial charge in [-0.1, -0.05) is 13.8 Å². The number of aliphatic carboxylic acids is 1. The van der Waals surface area contributed by atoms with Crippen LogP contribution in [0.5, 0.6) is 0 Å². The van der Waals surface area contributed by atoms with Crippen molar-refractivity contribution >= 4 is 12.3 Å². The Kier molecular flexibility index (Phi) is 5.34. The van der Waals surface area contributed by atoms with E-state index in [9.17, 15) is 9.59 Å². The molecule has 0 amide bonds. The van der Waals surface area contributed by atoms with Crippen molar-refractivity contribution in [1.29, 1.82) is 0 Å². The number of carboxylic acid groups (broad SMARTS) is 1.